The summed E-state index contributed by atoms with van der Waals surface area (Å²) >= 11 is 0. The highest BCUT2D eigenvalue weighted by molar-refractivity contribution is 5.79. The van der Waals surface area contributed by atoms with Crippen molar-refractivity contribution in [3.8, 4) is 5.75 Å². The molecule has 2 rings (SSSR count). The topological polar surface area (TPSA) is 26.3 Å². The van der Waals surface area contributed by atoms with Crippen LogP contribution in [0.4, 0.5) is 8.78 Å². The van der Waals surface area contributed by atoms with E-state index in [9.17, 15) is 13.6 Å². The maximum Gasteiger partial charge on any atom is 0.162 e. The van der Waals surface area contributed by atoms with E-state index in [-0.39, 0.29) is 17.9 Å². The summed E-state index contributed by atoms with van der Waals surface area (Å²) in [6.45, 7) is 0.187. The number of halogens is 2. The van der Waals surface area contributed by atoms with Gasteiger partial charge in [-0.2, -0.15) is 0 Å². The van der Waals surface area contributed by atoms with Crippen molar-refractivity contribution in [2.24, 2.45) is 0 Å². The molecule has 0 aromatic heterocycles. The van der Waals surface area contributed by atoms with E-state index >= 15 is 0 Å². The highest BCUT2D eigenvalue weighted by atomic mass is 19.2. The maximum atomic E-state index is 13.1. The van der Waals surface area contributed by atoms with Crippen LogP contribution in [-0.4, -0.2) is 6.29 Å². The Balaban J connectivity index is 2.19. The van der Waals surface area contributed by atoms with Crippen molar-refractivity contribution < 1.29 is 18.3 Å². The third-order valence-corrected chi connectivity index (χ3v) is 2.42. The fraction of sp³-hybridized carbons (Fsp3) is 0.0714. The molecule has 0 saturated heterocycles. The molecule has 0 aliphatic rings. The second-order valence-electron chi connectivity index (χ2n) is 3.70. The first-order chi connectivity index (χ1) is 8.70. The van der Waals surface area contributed by atoms with Crippen LogP contribution in [0.3, 0.4) is 0 Å². The molecule has 0 saturated carbocycles. The van der Waals surface area contributed by atoms with Crippen LogP contribution in [0.5, 0.6) is 5.75 Å². The smallest absolute Gasteiger partial charge is 0.162 e. The van der Waals surface area contributed by atoms with Gasteiger partial charge in [-0.1, -0.05) is 30.3 Å². The molecule has 0 aliphatic carbocycles. The SMILES string of the molecule is O=Cc1cc(F)c(F)cc1OCc1ccccc1. The molecular weight excluding hydrogens is 238 g/mol. The van der Waals surface area contributed by atoms with Crippen LogP contribution in [0.15, 0.2) is 42.5 Å². The Labute approximate surface area is 103 Å². The molecule has 2 aromatic rings. The lowest BCUT2D eigenvalue weighted by Crippen LogP contribution is -2.00. The lowest BCUT2D eigenvalue weighted by atomic mass is 10.2. The van der Waals surface area contributed by atoms with Crippen LogP contribution in [0.2, 0.25) is 0 Å². The summed E-state index contributed by atoms with van der Waals surface area (Å²) in [6.07, 6.45) is 0.433. The van der Waals surface area contributed by atoms with Crippen LogP contribution in [0.25, 0.3) is 0 Å². The number of carbonyl (C=O) groups is 1. The molecule has 0 radical (unpaired) electrons. The monoisotopic (exact) mass is 248 g/mol. The van der Waals surface area contributed by atoms with Crippen LogP contribution >= 0.6 is 0 Å². The molecule has 0 unspecified atom stereocenters. The van der Waals surface area contributed by atoms with Crippen molar-refractivity contribution in [1.29, 1.82) is 0 Å². The van der Waals surface area contributed by atoms with E-state index < -0.39 is 11.6 Å². The number of aldehydes is 1. The van der Waals surface area contributed by atoms with Crippen molar-refractivity contribution >= 4 is 6.29 Å². The fourth-order valence-electron chi connectivity index (χ4n) is 1.50. The molecule has 0 N–H and O–H groups in total. The minimum absolute atomic E-state index is 0.00942. The fourth-order valence-corrected chi connectivity index (χ4v) is 1.50. The molecule has 92 valence electrons. The quantitative estimate of drug-likeness (QED) is 0.775. The van der Waals surface area contributed by atoms with Gasteiger partial charge < -0.3 is 4.74 Å². The van der Waals surface area contributed by atoms with Crippen molar-refractivity contribution in [2.75, 3.05) is 0 Å². The number of ether oxygens (including phenoxy) is 1. The second-order valence-corrected chi connectivity index (χ2v) is 3.70. The Bertz CT molecular complexity index is 553. The summed E-state index contributed by atoms with van der Waals surface area (Å²) in [5, 5.41) is 0. The molecule has 2 aromatic carbocycles. The van der Waals surface area contributed by atoms with Gasteiger partial charge >= 0.3 is 0 Å². The maximum absolute atomic E-state index is 13.1. The van der Waals surface area contributed by atoms with Gasteiger partial charge in [0.25, 0.3) is 0 Å². The minimum Gasteiger partial charge on any atom is -0.488 e. The third kappa shape index (κ3) is 2.71. The number of rotatable bonds is 4. The summed E-state index contributed by atoms with van der Waals surface area (Å²) in [5.41, 5.74) is 0.865. The third-order valence-electron chi connectivity index (χ3n) is 2.42. The molecule has 18 heavy (non-hydrogen) atoms. The number of hydrogen-bond acceptors (Lipinski definition) is 2. The first-order valence-corrected chi connectivity index (χ1v) is 5.31. The Morgan fingerprint density at radius 2 is 1.72 bits per heavy atom. The van der Waals surface area contributed by atoms with Crippen LogP contribution in [0.1, 0.15) is 15.9 Å². The van der Waals surface area contributed by atoms with Gasteiger partial charge in [0.2, 0.25) is 0 Å². The summed E-state index contributed by atoms with van der Waals surface area (Å²) < 4.78 is 31.3. The average Bonchev–Trinajstić information content (AvgIpc) is 2.41. The van der Waals surface area contributed by atoms with Crippen molar-refractivity contribution in [2.45, 2.75) is 6.61 Å². The predicted octanol–water partition coefficient (Wildman–Crippen LogP) is 3.36. The van der Waals surface area contributed by atoms with Crippen molar-refractivity contribution in [1.82, 2.24) is 0 Å². The van der Waals surface area contributed by atoms with E-state index in [2.05, 4.69) is 0 Å². The second kappa shape index (κ2) is 5.40. The Morgan fingerprint density at radius 3 is 2.39 bits per heavy atom. The molecular formula is C14H10F2O2. The first kappa shape index (κ1) is 12.2. The summed E-state index contributed by atoms with van der Waals surface area (Å²) in [5.74, 6) is -2.07. The summed E-state index contributed by atoms with van der Waals surface area (Å²) in [6, 6.07) is 10.9. The first-order valence-electron chi connectivity index (χ1n) is 5.31. The van der Waals surface area contributed by atoms with Crippen LogP contribution in [-0.2, 0) is 6.61 Å². The molecule has 4 heteroatoms. The number of hydrogen-bond donors (Lipinski definition) is 0. The van der Waals surface area contributed by atoms with E-state index in [0.717, 1.165) is 17.7 Å². The Morgan fingerprint density at radius 1 is 1.06 bits per heavy atom. The predicted molar refractivity (Wildman–Crippen MR) is 62.5 cm³/mol. The zero-order valence-electron chi connectivity index (χ0n) is 9.40. The van der Waals surface area contributed by atoms with E-state index in [0.29, 0.717) is 6.29 Å². The molecule has 0 heterocycles. The lowest BCUT2D eigenvalue weighted by molar-refractivity contribution is 0.111. The van der Waals surface area contributed by atoms with Gasteiger partial charge in [-0.3, -0.25) is 4.79 Å². The molecule has 2 nitrogen and oxygen atoms in total. The number of benzene rings is 2. The molecule has 0 amide bonds. The normalized spacial score (nSPS) is 10.1. The van der Waals surface area contributed by atoms with Crippen molar-refractivity contribution in [3.05, 3.63) is 65.2 Å². The highest BCUT2D eigenvalue weighted by Gasteiger charge is 2.10. The van der Waals surface area contributed by atoms with E-state index in [1.807, 2.05) is 30.3 Å². The number of carbonyl (C=O) groups excluding carboxylic acids is 1. The van der Waals surface area contributed by atoms with Gasteiger partial charge in [0.15, 0.2) is 17.9 Å². The van der Waals surface area contributed by atoms with Gasteiger partial charge in [-0.05, 0) is 11.6 Å². The minimum atomic E-state index is -1.07. The van der Waals surface area contributed by atoms with Crippen LogP contribution < -0.4 is 4.74 Å². The van der Waals surface area contributed by atoms with Crippen LogP contribution in [0, 0.1) is 11.6 Å². The Kier molecular flexibility index (Phi) is 3.67. The molecule has 0 bridgehead atoms. The van der Waals surface area contributed by atoms with E-state index in [1.54, 1.807) is 0 Å². The average molecular weight is 248 g/mol. The Hall–Kier alpha value is -2.23. The zero-order chi connectivity index (χ0) is 13.0. The van der Waals surface area contributed by atoms with Gasteiger partial charge in [-0.25, -0.2) is 8.78 Å². The van der Waals surface area contributed by atoms with Gasteiger partial charge in [0.05, 0.1) is 5.56 Å². The largest absolute Gasteiger partial charge is 0.488 e. The molecule has 0 fully saturated rings. The van der Waals surface area contributed by atoms with E-state index in [4.69, 9.17) is 4.74 Å². The molecule has 0 atom stereocenters. The zero-order valence-corrected chi connectivity index (χ0v) is 9.40. The van der Waals surface area contributed by atoms with Gasteiger partial charge in [0.1, 0.15) is 12.4 Å². The molecule has 0 aliphatic heterocycles. The summed E-state index contributed by atoms with van der Waals surface area (Å²) in [7, 11) is 0. The van der Waals surface area contributed by atoms with Gasteiger partial charge in [0, 0.05) is 6.07 Å². The molecule has 0 spiro atoms. The summed E-state index contributed by atoms with van der Waals surface area (Å²) in [4.78, 5) is 10.7. The van der Waals surface area contributed by atoms with Gasteiger partial charge in [-0.15, -0.1) is 0 Å². The van der Waals surface area contributed by atoms with Crippen molar-refractivity contribution in [3.63, 3.8) is 0 Å². The highest BCUT2D eigenvalue weighted by Crippen LogP contribution is 2.22. The lowest BCUT2D eigenvalue weighted by Gasteiger charge is -2.09. The standard InChI is InChI=1S/C14H10F2O2/c15-12-6-11(8-17)14(7-13(12)16)18-9-10-4-2-1-3-5-10/h1-8H,9H2. The van der Waals surface area contributed by atoms with E-state index in [1.165, 1.54) is 0 Å².